The van der Waals surface area contributed by atoms with Crippen molar-refractivity contribution in [3.63, 3.8) is 0 Å². The van der Waals surface area contributed by atoms with Crippen molar-refractivity contribution in [3.8, 4) is 0 Å². The third kappa shape index (κ3) is 6.36. The Hall–Kier alpha value is -0.0400. The molecule has 0 atom stereocenters. The molecule has 4 nitrogen and oxygen atoms in total. The fraction of sp³-hybridized carbons (Fsp3) is 0.947. The average molecular weight is 448 g/mol. The lowest BCUT2D eigenvalue weighted by Gasteiger charge is -2.33. The third-order valence-electron chi connectivity index (χ3n) is 5.94. The zero-order valence-electron chi connectivity index (χ0n) is 15.6. The molecule has 2 aliphatic carbocycles. The number of rotatable bonds is 8. The molecular weight excluding hydrogens is 411 g/mol. The smallest absolute Gasteiger partial charge is 0.191 e. The maximum absolute atomic E-state index is 4.46. The molecular formula is C19H37IN4. The van der Waals surface area contributed by atoms with E-state index in [2.05, 4.69) is 27.4 Å². The van der Waals surface area contributed by atoms with E-state index in [0.29, 0.717) is 6.04 Å². The number of nitrogens with zero attached hydrogens (tertiary/aromatic N) is 2. The number of nitrogens with one attached hydrogen (secondary N) is 2. The Labute approximate surface area is 165 Å². The summed E-state index contributed by atoms with van der Waals surface area (Å²) in [4.78, 5) is 7.08. The minimum Gasteiger partial charge on any atom is -0.356 e. The van der Waals surface area contributed by atoms with Gasteiger partial charge in [0.05, 0.1) is 0 Å². The second kappa shape index (κ2) is 10.2. The van der Waals surface area contributed by atoms with Crippen LogP contribution in [0.3, 0.4) is 0 Å². The van der Waals surface area contributed by atoms with Crippen LogP contribution in [-0.4, -0.2) is 50.1 Å². The normalized spacial score (nSPS) is 23.2. The van der Waals surface area contributed by atoms with Gasteiger partial charge in [-0.2, -0.15) is 0 Å². The first-order valence-electron chi connectivity index (χ1n) is 9.99. The van der Waals surface area contributed by atoms with Gasteiger partial charge in [0.25, 0.3) is 0 Å². The molecule has 0 radical (unpaired) electrons. The molecule has 0 amide bonds. The Bertz CT molecular complexity index is 373. The van der Waals surface area contributed by atoms with Crippen LogP contribution in [0.2, 0.25) is 0 Å². The van der Waals surface area contributed by atoms with Gasteiger partial charge in [-0.25, -0.2) is 0 Å². The van der Waals surface area contributed by atoms with Crippen LogP contribution in [0.15, 0.2) is 4.99 Å². The number of likely N-dealkylation sites (tertiary alicyclic amines) is 1. The SMILES string of the molecule is CCCCN1CCC(NC(=NC)NCC(C2CC2)C2CC2)CC1.I. The summed E-state index contributed by atoms with van der Waals surface area (Å²) in [5, 5.41) is 7.30. The van der Waals surface area contributed by atoms with E-state index < -0.39 is 0 Å². The lowest BCUT2D eigenvalue weighted by atomic mass is 9.98. The Morgan fingerprint density at radius 2 is 1.71 bits per heavy atom. The summed E-state index contributed by atoms with van der Waals surface area (Å²) in [6.07, 6.45) is 11.0. The number of unbranched alkanes of at least 4 members (excludes halogenated alkanes) is 1. The van der Waals surface area contributed by atoms with Crippen molar-refractivity contribution >= 4 is 29.9 Å². The van der Waals surface area contributed by atoms with Crippen molar-refractivity contribution in [3.05, 3.63) is 0 Å². The van der Waals surface area contributed by atoms with Gasteiger partial charge in [0.15, 0.2) is 5.96 Å². The molecule has 3 fully saturated rings. The zero-order valence-corrected chi connectivity index (χ0v) is 17.9. The monoisotopic (exact) mass is 448 g/mol. The maximum Gasteiger partial charge on any atom is 0.191 e. The molecule has 3 rings (SSSR count). The summed E-state index contributed by atoms with van der Waals surface area (Å²) in [5.74, 6) is 3.96. The molecule has 0 aromatic rings. The van der Waals surface area contributed by atoms with Gasteiger partial charge in [-0.3, -0.25) is 4.99 Å². The van der Waals surface area contributed by atoms with Crippen molar-refractivity contribution in [1.29, 1.82) is 0 Å². The molecule has 140 valence electrons. The zero-order chi connectivity index (χ0) is 16.1. The highest BCUT2D eigenvalue weighted by molar-refractivity contribution is 14.0. The molecule has 0 aromatic carbocycles. The van der Waals surface area contributed by atoms with Crippen molar-refractivity contribution in [2.24, 2.45) is 22.7 Å². The lowest BCUT2D eigenvalue weighted by molar-refractivity contribution is 0.203. The van der Waals surface area contributed by atoms with Crippen LogP contribution in [0.5, 0.6) is 0 Å². The van der Waals surface area contributed by atoms with Crippen molar-refractivity contribution < 1.29 is 0 Å². The second-order valence-electron chi connectivity index (χ2n) is 7.91. The predicted molar refractivity (Wildman–Crippen MR) is 113 cm³/mol. The number of hydrogen-bond donors (Lipinski definition) is 2. The number of aliphatic imine (C=N–C) groups is 1. The van der Waals surface area contributed by atoms with Gasteiger partial charge in [-0.15, -0.1) is 24.0 Å². The van der Waals surface area contributed by atoms with E-state index in [-0.39, 0.29) is 24.0 Å². The summed E-state index contributed by atoms with van der Waals surface area (Å²) in [7, 11) is 1.91. The summed E-state index contributed by atoms with van der Waals surface area (Å²) in [5.41, 5.74) is 0. The quantitative estimate of drug-likeness (QED) is 0.340. The Balaban J connectivity index is 0.00000208. The van der Waals surface area contributed by atoms with Gasteiger partial charge in [-0.1, -0.05) is 13.3 Å². The van der Waals surface area contributed by atoms with E-state index in [4.69, 9.17) is 0 Å². The topological polar surface area (TPSA) is 39.7 Å². The molecule has 0 bridgehead atoms. The molecule has 0 spiro atoms. The number of halogens is 1. The van der Waals surface area contributed by atoms with E-state index in [1.807, 2.05) is 7.05 Å². The van der Waals surface area contributed by atoms with Crippen LogP contribution in [0.1, 0.15) is 58.3 Å². The molecule has 24 heavy (non-hydrogen) atoms. The van der Waals surface area contributed by atoms with Gasteiger partial charge in [0.2, 0.25) is 0 Å². The highest BCUT2D eigenvalue weighted by Gasteiger charge is 2.41. The van der Waals surface area contributed by atoms with Crippen molar-refractivity contribution in [2.75, 3.05) is 33.2 Å². The molecule has 1 saturated heterocycles. The van der Waals surface area contributed by atoms with E-state index in [9.17, 15) is 0 Å². The first-order chi connectivity index (χ1) is 11.3. The standard InChI is InChI=1S/C19H36N4.HI/c1-3-4-11-23-12-9-17(10-13-23)22-19(20-2)21-14-18(15-5-6-15)16-7-8-16;/h15-18H,3-14H2,1-2H3,(H2,20,21,22);1H. The Morgan fingerprint density at radius 1 is 1.08 bits per heavy atom. The van der Waals surface area contributed by atoms with E-state index in [0.717, 1.165) is 30.3 Å². The fourth-order valence-electron chi connectivity index (χ4n) is 4.05. The molecule has 0 unspecified atom stereocenters. The molecule has 5 heteroatoms. The summed E-state index contributed by atoms with van der Waals surface area (Å²) < 4.78 is 0. The van der Waals surface area contributed by atoms with Gasteiger partial charge in [-0.05, 0) is 69.2 Å². The van der Waals surface area contributed by atoms with E-state index in [1.165, 1.54) is 71.0 Å². The van der Waals surface area contributed by atoms with Gasteiger partial charge in [0.1, 0.15) is 0 Å². The number of guanidine groups is 1. The fourth-order valence-corrected chi connectivity index (χ4v) is 4.05. The van der Waals surface area contributed by atoms with Crippen LogP contribution in [-0.2, 0) is 0 Å². The number of piperidine rings is 1. The minimum absolute atomic E-state index is 0. The highest BCUT2D eigenvalue weighted by Crippen LogP contribution is 2.48. The molecule has 2 saturated carbocycles. The first kappa shape index (κ1) is 20.3. The summed E-state index contributed by atoms with van der Waals surface area (Å²) in [6, 6.07) is 0.597. The molecule has 3 aliphatic rings. The third-order valence-corrected chi connectivity index (χ3v) is 5.94. The van der Waals surface area contributed by atoms with Gasteiger partial charge < -0.3 is 15.5 Å². The largest absolute Gasteiger partial charge is 0.356 e. The van der Waals surface area contributed by atoms with Crippen LogP contribution >= 0.6 is 24.0 Å². The maximum atomic E-state index is 4.46. The minimum atomic E-state index is 0. The van der Waals surface area contributed by atoms with Crippen molar-refractivity contribution in [1.82, 2.24) is 15.5 Å². The summed E-state index contributed by atoms with van der Waals surface area (Å²) in [6.45, 7) is 7.16. The van der Waals surface area contributed by atoms with Crippen LogP contribution in [0.4, 0.5) is 0 Å². The Morgan fingerprint density at radius 3 is 2.21 bits per heavy atom. The van der Waals surface area contributed by atoms with E-state index in [1.54, 1.807) is 0 Å². The molecule has 1 heterocycles. The van der Waals surface area contributed by atoms with Gasteiger partial charge >= 0.3 is 0 Å². The first-order valence-corrected chi connectivity index (χ1v) is 9.99. The van der Waals surface area contributed by atoms with Crippen LogP contribution in [0.25, 0.3) is 0 Å². The molecule has 1 aliphatic heterocycles. The van der Waals surface area contributed by atoms with E-state index >= 15 is 0 Å². The van der Waals surface area contributed by atoms with Crippen LogP contribution in [0, 0.1) is 17.8 Å². The summed E-state index contributed by atoms with van der Waals surface area (Å²) >= 11 is 0. The number of hydrogen-bond acceptors (Lipinski definition) is 2. The van der Waals surface area contributed by atoms with Gasteiger partial charge in [0, 0.05) is 32.7 Å². The highest BCUT2D eigenvalue weighted by atomic mass is 127. The molecule has 2 N–H and O–H groups in total. The molecule has 0 aromatic heterocycles. The second-order valence-corrected chi connectivity index (χ2v) is 7.91. The van der Waals surface area contributed by atoms with Crippen LogP contribution < -0.4 is 10.6 Å². The Kier molecular flexibility index (Phi) is 8.61. The lowest BCUT2D eigenvalue weighted by Crippen LogP contribution is -2.49. The van der Waals surface area contributed by atoms with Crippen molar-refractivity contribution in [2.45, 2.75) is 64.3 Å². The predicted octanol–water partition coefficient (Wildman–Crippen LogP) is 3.47. The average Bonchev–Trinajstić information content (AvgIpc) is 3.47.